The summed E-state index contributed by atoms with van der Waals surface area (Å²) in [6.07, 6.45) is 6.59. The van der Waals surface area contributed by atoms with E-state index in [2.05, 4.69) is 29.5 Å². The summed E-state index contributed by atoms with van der Waals surface area (Å²) in [5.41, 5.74) is 2.64. The summed E-state index contributed by atoms with van der Waals surface area (Å²) >= 11 is 0. The van der Waals surface area contributed by atoms with Crippen molar-refractivity contribution in [2.75, 3.05) is 0 Å². The quantitative estimate of drug-likeness (QED) is 0.911. The van der Waals surface area contributed by atoms with Gasteiger partial charge in [-0.05, 0) is 30.9 Å². The second-order valence-corrected chi connectivity index (χ2v) is 6.67. The lowest BCUT2D eigenvalue weighted by Gasteiger charge is -2.22. The van der Waals surface area contributed by atoms with Gasteiger partial charge in [0.2, 0.25) is 5.91 Å². The molecule has 0 saturated heterocycles. The van der Waals surface area contributed by atoms with Gasteiger partial charge in [0.1, 0.15) is 6.54 Å². The third-order valence-corrected chi connectivity index (χ3v) is 4.79. The lowest BCUT2D eigenvalue weighted by molar-refractivity contribution is -0.122. The van der Waals surface area contributed by atoms with Crippen molar-refractivity contribution >= 4 is 5.91 Å². The minimum absolute atomic E-state index is 0.0315. The summed E-state index contributed by atoms with van der Waals surface area (Å²) in [6, 6.07) is 11.5. The van der Waals surface area contributed by atoms with E-state index >= 15 is 0 Å². The molecule has 0 unspecified atom stereocenters. The first-order chi connectivity index (χ1) is 12.2. The van der Waals surface area contributed by atoms with Crippen LogP contribution in [-0.4, -0.2) is 21.7 Å². The van der Waals surface area contributed by atoms with Gasteiger partial charge in [-0.3, -0.25) is 9.59 Å². The third-order valence-electron chi connectivity index (χ3n) is 4.79. The predicted octanol–water partition coefficient (Wildman–Crippen LogP) is 2.92. The Kier molecular flexibility index (Phi) is 5.64. The molecule has 1 N–H and O–H groups in total. The number of nitrogens with zero attached hydrogens (tertiary/aromatic N) is 2. The van der Waals surface area contributed by atoms with E-state index in [0.717, 1.165) is 37.7 Å². The Hall–Kier alpha value is -2.43. The lowest BCUT2D eigenvalue weighted by atomic mass is 9.95. The Morgan fingerprint density at radius 1 is 1.12 bits per heavy atom. The molecule has 1 heterocycles. The van der Waals surface area contributed by atoms with Crippen molar-refractivity contribution in [3.63, 3.8) is 0 Å². The molecule has 0 atom stereocenters. The van der Waals surface area contributed by atoms with E-state index in [4.69, 9.17) is 0 Å². The van der Waals surface area contributed by atoms with Crippen LogP contribution in [0.25, 0.3) is 11.3 Å². The molecule has 5 nitrogen and oxygen atoms in total. The molecule has 1 aromatic heterocycles. The second-order valence-electron chi connectivity index (χ2n) is 6.67. The minimum Gasteiger partial charge on any atom is -0.352 e. The number of hydrogen-bond donors (Lipinski definition) is 1. The maximum atomic E-state index is 12.3. The van der Waals surface area contributed by atoms with Crippen molar-refractivity contribution in [1.82, 2.24) is 15.1 Å². The largest absolute Gasteiger partial charge is 0.352 e. The van der Waals surface area contributed by atoms with Crippen LogP contribution >= 0.6 is 0 Å². The number of nitrogens with one attached hydrogen (secondary N) is 1. The summed E-state index contributed by atoms with van der Waals surface area (Å²) in [4.78, 5) is 24.3. The van der Waals surface area contributed by atoms with E-state index in [9.17, 15) is 9.59 Å². The van der Waals surface area contributed by atoms with Gasteiger partial charge < -0.3 is 5.32 Å². The molecule has 1 saturated carbocycles. The highest BCUT2D eigenvalue weighted by molar-refractivity contribution is 5.76. The first-order valence-electron chi connectivity index (χ1n) is 9.12. The highest BCUT2D eigenvalue weighted by atomic mass is 16.2. The zero-order valence-corrected chi connectivity index (χ0v) is 14.7. The fourth-order valence-corrected chi connectivity index (χ4v) is 3.28. The smallest absolute Gasteiger partial charge is 0.267 e. The number of hydrogen-bond acceptors (Lipinski definition) is 3. The topological polar surface area (TPSA) is 64.0 Å². The number of aryl methyl sites for hydroxylation is 1. The molecule has 0 aliphatic heterocycles. The van der Waals surface area contributed by atoms with Gasteiger partial charge in [-0.2, -0.15) is 5.10 Å². The Morgan fingerprint density at radius 3 is 2.52 bits per heavy atom. The molecular formula is C20H25N3O2. The van der Waals surface area contributed by atoms with Crippen molar-refractivity contribution in [3.05, 3.63) is 52.3 Å². The Balaban J connectivity index is 1.72. The van der Waals surface area contributed by atoms with E-state index < -0.39 is 0 Å². The van der Waals surface area contributed by atoms with Crippen LogP contribution in [0.4, 0.5) is 0 Å². The Morgan fingerprint density at radius 2 is 1.84 bits per heavy atom. The van der Waals surface area contributed by atoms with Crippen LogP contribution in [0.15, 0.2) is 41.2 Å². The van der Waals surface area contributed by atoms with Crippen LogP contribution in [-0.2, 0) is 17.8 Å². The molecule has 1 aliphatic rings. The molecular weight excluding hydrogens is 314 g/mol. The van der Waals surface area contributed by atoms with Gasteiger partial charge in [0.05, 0.1) is 5.69 Å². The van der Waals surface area contributed by atoms with Gasteiger partial charge in [0.25, 0.3) is 5.56 Å². The number of benzene rings is 1. The van der Waals surface area contributed by atoms with E-state index in [-0.39, 0.29) is 24.1 Å². The highest BCUT2D eigenvalue weighted by Gasteiger charge is 2.16. The molecule has 0 bridgehead atoms. The van der Waals surface area contributed by atoms with E-state index in [0.29, 0.717) is 5.69 Å². The first-order valence-corrected chi connectivity index (χ1v) is 9.12. The van der Waals surface area contributed by atoms with Crippen molar-refractivity contribution in [1.29, 1.82) is 0 Å². The third kappa shape index (κ3) is 4.56. The molecule has 132 valence electrons. The Labute approximate surface area is 148 Å². The maximum Gasteiger partial charge on any atom is 0.267 e. The molecule has 0 spiro atoms. The molecule has 3 rings (SSSR count). The Bertz CT molecular complexity index is 774. The molecule has 1 amide bonds. The second kappa shape index (κ2) is 8.10. The highest BCUT2D eigenvalue weighted by Crippen LogP contribution is 2.18. The van der Waals surface area contributed by atoms with Crippen LogP contribution < -0.4 is 10.9 Å². The number of amides is 1. The van der Waals surface area contributed by atoms with Gasteiger partial charge in [0.15, 0.2) is 0 Å². The van der Waals surface area contributed by atoms with E-state index in [1.807, 2.05) is 12.1 Å². The molecule has 0 radical (unpaired) electrons. The van der Waals surface area contributed by atoms with Crippen molar-refractivity contribution < 1.29 is 4.79 Å². The van der Waals surface area contributed by atoms with Crippen LogP contribution in [0.2, 0.25) is 0 Å². The molecule has 1 aromatic carbocycles. The molecule has 2 aromatic rings. The van der Waals surface area contributed by atoms with Gasteiger partial charge in [-0.15, -0.1) is 0 Å². The summed E-state index contributed by atoms with van der Waals surface area (Å²) in [5, 5.41) is 7.40. The van der Waals surface area contributed by atoms with Gasteiger partial charge in [-0.25, -0.2) is 4.68 Å². The first kappa shape index (κ1) is 17.4. The molecule has 1 fully saturated rings. The van der Waals surface area contributed by atoms with Crippen LogP contribution in [0.3, 0.4) is 0 Å². The van der Waals surface area contributed by atoms with Gasteiger partial charge in [0, 0.05) is 17.7 Å². The standard InChI is InChI=1S/C20H25N3O2/c1-2-15-8-10-16(11-9-15)18-12-13-20(25)23(22-18)14-19(24)21-17-6-4-3-5-7-17/h8-13,17H,2-7,14H2,1H3,(H,21,24). The monoisotopic (exact) mass is 339 g/mol. The maximum absolute atomic E-state index is 12.3. The zero-order valence-electron chi connectivity index (χ0n) is 14.7. The minimum atomic E-state index is -0.257. The van der Waals surface area contributed by atoms with Crippen molar-refractivity contribution in [2.24, 2.45) is 0 Å². The SMILES string of the molecule is CCc1ccc(-c2ccc(=O)n(CC(=O)NC3CCCCC3)n2)cc1. The van der Waals surface area contributed by atoms with Crippen molar-refractivity contribution in [3.8, 4) is 11.3 Å². The number of carbonyl (C=O) groups is 1. The number of aromatic nitrogens is 2. The van der Waals surface area contributed by atoms with Crippen molar-refractivity contribution in [2.45, 2.75) is 58.0 Å². The summed E-state index contributed by atoms with van der Waals surface area (Å²) < 4.78 is 1.25. The average Bonchev–Trinajstić information content (AvgIpc) is 2.64. The number of rotatable bonds is 5. The van der Waals surface area contributed by atoms with Crippen LogP contribution in [0.1, 0.15) is 44.6 Å². The average molecular weight is 339 g/mol. The van der Waals surface area contributed by atoms with E-state index in [1.165, 1.54) is 22.7 Å². The number of carbonyl (C=O) groups excluding carboxylic acids is 1. The fraction of sp³-hybridized carbons (Fsp3) is 0.450. The molecule has 25 heavy (non-hydrogen) atoms. The summed E-state index contributed by atoms with van der Waals surface area (Å²) in [6.45, 7) is 2.08. The summed E-state index contributed by atoms with van der Waals surface area (Å²) in [5.74, 6) is -0.139. The normalized spacial score (nSPS) is 15.1. The molecule has 5 heteroatoms. The zero-order chi connectivity index (χ0) is 17.6. The lowest BCUT2D eigenvalue weighted by Crippen LogP contribution is -2.40. The predicted molar refractivity (Wildman–Crippen MR) is 98.3 cm³/mol. The fourth-order valence-electron chi connectivity index (χ4n) is 3.28. The van der Waals surface area contributed by atoms with Gasteiger partial charge in [-0.1, -0.05) is 50.5 Å². The van der Waals surface area contributed by atoms with Crippen LogP contribution in [0, 0.1) is 0 Å². The van der Waals surface area contributed by atoms with Crippen LogP contribution in [0.5, 0.6) is 0 Å². The molecule has 1 aliphatic carbocycles. The summed E-state index contributed by atoms with van der Waals surface area (Å²) in [7, 11) is 0. The van der Waals surface area contributed by atoms with E-state index in [1.54, 1.807) is 6.07 Å². The van der Waals surface area contributed by atoms with Gasteiger partial charge >= 0.3 is 0 Å².